The van der Waals surface area contributed by atoms with Gasteiger partial charge in [0.15, 0.2) is 0 Å². The normalized spacial score (nSPS) is 29.8. The fourth-order valence-electron chi connectivity index (χ4n) is 3.08. The van der Waals surface area contributed by atoms with E-state index in [0.717, 1.165) is 25.3 Å². The molecule has 2 unspecified atom stereocenters. The molecule has 0 radical (unpaired) electrons. The van der Waals surface area contributed by atoms with Crippen LogP contribution in [0.15, 0.2) is 18.2 Å². The van der Waals surface area contributed by atoms with Crippen LogP contribution in [0.1, 0.15) is 51.3 Å². The van der Waals surface area contributed by atoms with Crippen molar-refractivity contribution in [2.24, 2.45) is 0 Å². The van der Waals surface area contributed by atoms with E-state index in [1.807, 2.05) is 13.8 Å². The van der Waals surface area contributed by atoms with E-state index in [-0.39, 0.29) is 11.9 Å². The third-order valence-corrected chi connectivity index (χ3v) is 4.87. The molecule has 0 spiro atoms. The van der Waals surface area contributed by atoms with Gasteiger partial charge in [-0.25, -0.2) is 8.78 Å². The molecule has 3 rings (SSSR count). The molecule has 2 aliphatic rings. The number of amides is 1. The van der Waals surface area contributed by atoms with Crippen LogP contribution in [0.5, 0.6) is 0 Å². The summed E-state index contributed by atoms with van der Waals surface area (Å²) in [5.74, 6) is -1.19. The van der Waals surface area contributed by atoms with E-state index in [1.165, 1.54) is 12.1 Å². The Kier molecular flexibility index (Phi) is 3.48. The Morgan fingerprint density at radius 1 is 1.38 bits per heavy atom. The molecule has 1 aromatic carbocycles. The first-order valence-electron chi connectivity index (χ1n) is 7.51. The topological polar surface area (TPSA) is 32.3 Å². The number of carbonyl (C=O) groups is 1. The summed E-state index contributed by atoms with van der Waals surface area (Å²) in [6, 6.07) is 3.71. The summed E-state index contributed by atoms with van der Waals surface area (Å²) in [6.45, 7) is 3.79. The second kappa shape index (κ2) is 5.05. The molecule has 21 heavy (non-hydrogen) atoms. The number of carbonyl (C=O) groups excluding carboxylic acids is 1. The number of nitrogens with one attached hydrogen (secondary N) is 1. The zero-order valence-electron chi connectivity index (χ0n) is 12.3. The number of benzene rings is 1. The summed E-state index contributed by atoms with van der Waals surface area (Å²) >= 11 is 0. The average Bonchev–Trinajstić information content (AvgIpc) is 2.63. The van der Waals surface area contributed by atoms with Crippen LogP contribution in [0.2, 0.25) is 0 Å². The predicted octanol–water partition coefficient (Wildman–Crippen LogP) is 3.12. The lowest BCUT2D eigenvalue weighted by molar-refractivity contribution is -0.136. The van der Waals surface area contributed by atoms with Crippen molar-refractivity contribution in [2.45, 2.75) is 57.3 Å². The number of hydrogen-bond acceptors (Lipinski definition) is 2. The zero-order valence-corrected chi connectivity index (χ0v) is 12.3. The summed E-state index contributed by atoms with van der Waals surface area (Å²) < 4.78 is 27.2. The van der Waals surface area contributed by atoms with E-state index in [2.05, 4.69) is 5.32 Å². The van der Waals surface area contributed by atoms with Crippen LogP contribution < -0.4 is 5.32 Å². The van der Waals surface area contributed by atoms with E-state index in [9.17, 15) is 13.6 Å². The van der Waals surface area contributed by atoms with Gasteiger partial charge in [-0.15, -0.1) is 0 Å². The highest BCUT2D eigenvalue weighted by Crippen LogP contribution is 2.40. The van der Waals surface area contributed by atoms with Gasteiger partial charge in [-0.1, -0.05) is 6.92 Å². The van der Waals surface area contributed by atoms with E-state index >= 15 is 0 Å². The summed E-state index contributed by atoms with van der Waals surface area (Å²) in [5.41, 5.74) is -0.338. The maximum absolute atomic E-state index is 14.1. The fraction of sp³-hybridized carbons (Fsp3) is 0.562. The molecule has 2 atom stereocenters. The van der Waals surface area contributed by atoms with Crippen molar-refractivity contribution in [1.29, 1.82) is 0 Å². The van der Waals surface area contributed by atoms with E-state index < -0.39 is 23.3 Å². The first-order valence-corrected chi connectivity index (χ1v) is 7.51. The summed E-state index contributed by atoms with van der Waals surface area (Å²) in [5, 5.41) is 3.26. The quantitative estimate of drug-likeness (QED) is 0.929. The second-order valence-electron chi connectivity index (χ2n) is 6.20. The summed E-state index contributed by atoms with van der Waals surface area (Å²) in [4.78, 5) is 14.5. The second-order valence-corrected chi connectivity index (χ2v) is 6.20. The van der Waals surface area contributed by atoms with Gasteiger partial charge in [0.2, 0.25) is 5.91 Å². The van der Waals surface area contributed by atoms with Gasteiger partial charge in [-0.2, -0.15) is 0 Å². The van der Waals surface area contributed by atoms with Gasteiger partial charge in [-0.3, -0.25) is 10.1 Å². The first kappa shape index (κ1) is 14.4. The van der Waals surface area contributed by atoms with Gasteiger partial charge in [-0.05, 0) is 44.7 Å². The molecule has 1 saturated heterocycles. The summed E-state index contributed by atoms with van der Waals surface area (Å²) in [7, 11) is 0. The molecular formula is C16H20F2N2O. The first-order chi connectivity index (χ1) is 9.96. The molecule has 0 bridgehead atoms. The maximum Gasteiger partial charge on any atom is 0.244 e. The highest BCUT2D eigenvalue weighted by atomic mass is 19.1. The van der Waals surface area contributed by atoms with Gasteiger partial charge < -0.3 is 4.90 Å². The van der Waals surface area contributed by atoms with Crippen LogP contribution in [-0.4, -0.2) is 22.4 Å². The Morgan fingerprint density at radius 2 is 2.10 bits per heavy atom. The standard InChI is InChI=1S/C16H20F2N2O/c1-3-16(2)15(21)20(11-5-4-6-11)14(19-16)12-8-7-10(17)9-13(12)18/h7-9,11,14,19H,3-6H2,1-2H3. The van der Waals surface area contributed by atoms with Gasteiger partial charge >= 0.3 is 0 Å². The Balaban J connectivity index is 2.00. The number of hydrogen-bond donors (Lipinski definition) is 1. The molecule has 0 aromatic heterocycles. The van der Waals surface area contributed by atoms with Crippen LogP contribution in [0.4, 0.5) is 8.78 Å². The average molecular weight is 294 g/mol. The third-order valence-electron chi connectivity index (χ3n) is 4.87. The molecule has 2 fully saturated rings. The van der Waals surface area contributed by atoms with Gasteiger partial charge in [0.05, 0.1) is 5.54 Å². The summed E-state index contributed by atoms with van der Waals surface area (Å²) in [6.07, 6.45) is 3.12. The fourth-order valence-corrected chi connectivity index (χ4v) is 3.08. The largest absolute Gasteiger partial charge is 0.318 e. The predicted molar refractivity (Wildman–Crippen MR) is 75.4 cm³/mol. The molecule has 114 valence electrons. The lowest BCUT2D eigenvalue weighted by Gasteiger charge is -2.38. The number of rotatable bonds is 3. The smallest absolute Gasteiger partial charge is 0.244 e. The molecule has 5 heteroatoms. The third kappa shape index (κ3) is 2.24. The van der Waals surface area contributed by atoms with E-state index in [4.69, 9.17) is 0 Å². The molecule has 1 saturated carbocycles. The molecule has 3 nitrogen and oxygen atoms in total. The molecule has 1 N–H and O–H groups in total. The SMILES string of the molecule is CCC1(C)NC(c2ccc(F)cc2F)N(C2CCC2)C1=O. The number of halogens is 2. The van der Waals surface area contributed by atoms with E-state index in [0.29, 0.717) is 12.0 Å². The Bertz CT molecular complexity index is 573. The van der Waals surface area contributed by atoms with Gasteiger partial charge in [0, 0.05) is 17.7 Å². The lowest BCUT2D eigenvalue weighted by atomic mass is 9.89. The van der Waals surface area contributed by atoms with Crippen molar-refractivity contribution in [2.75, 3.05) is 0 Å². The monoisotopic (exact) mass is 294 g/mol. The Hall–Kier alpha value is -1.49. The highest BCUT2D eigenvalue weighted by molar-refractivity contribution is 5.89. The van der Waals surface area contributed by atoms with Crippen LogP contribution in [0, 0.1) is 11.6 Å². The van der Waals surface area contributed by atoms with Crippen LogP contribution in [-0.2, 0) is 4.79 Å². The minimum absolute atomic E-state index is 0.0171. The highest BCUT2D eigenvalue weighted by Gasteiger charge is 2.51. The lowest BCUT2D eigenvalue weighted by Crippen LogP contribution is -2.46. The van der Waals surface area contributed by atoms with Crippen molar-refractivity contribution >= 4 is 5.91 Å². The van der Waals surface area contributed by atoms with E-state index in [1.54, 1.807) is 4.90 Å². The van der Waals surface area contributed by atoms with Crippen LogP contribution in [0.3, 0.4) is 0 Å². The van der Waals surface area contributed by atoms with Crippen LogP contribution in [0.25, 0.3) is 0 Å². The Morgan fingerprint density at radius 3 is 2.62 bits per heavy atom. The van der Waals surface area contributed by atoms with Crippen molar-refractivity contribution in [1.82, 2.24) is 10.2 Å². The van der Waals surface area contributed by atoms with Gasteiger partial charge in [0.1, 0.15) is 17.8 Å². The molecule has 1 aromatic rings. The van der Waals surface area contributed by atoms with Crippen molar-refractivity contribution in [3.63, 3.8) is 0 Å². The van der Waals surface area contributed by atoms with Crippen molar-refractivity contribution in [3.05, 3.63) is 35.4 Å². The van der Waals surface area contributed by atoms with Crippen LogP contribution >= 0.6 is 0 Å². The molecule has 1 aliphatic heterocycles. The minimum atomic E-state index is -0.679. The minimum Gasteiger partial charge on any atom is -0.318 e. The van der Waals surface area contributed by atoms with Crippen molar-refractivity contribution < 1.29 is 13.6 Å². The van der Waals surface area contributed by atoms with Crippen molar-refractivity contribution in [3.8, 4) is 0 Å². The Labute approximate surface area is 123 Å². The maximum atomic E-state index is 14.1. The molecule has 1 aliphatic carbocycles. The zero-order chi connectivity index (χ0) is 15.2. The molecule has 1 heterocycles. The van der Waals surface area contributed by atoms with Gasteiger partial charge in [0.25, 0.3) is 0 Å². The molecule has 1 amide bonds. The molecular weight excluding hydrogens is 274 g/mol. The number of nitrogens with zero attached hydrogens (tertiary/aromatic N) is 1.